The fraction of sp³-hybridized carbons (Fsp3) is 0.273. The summed E-state index contributed by atoms with van der Waals surface area (Å²) in [4.78, 5) is 31.5. The smallest absolute Gasteiger partial charge is 0.340 e. The highest BCUT2D eigenvalue weighted by Crippen LogP contribution is 2.28. The predicted molar refractivity (Wildman–Crippen MR) is 66.5 cm³/mol. The largest absolute Gasteiger partial charge is 0.355 e. The van der Waals surface area contributed by atoms with Crippen molar-refractivity contribution in [2.24, 2.45) is 0 Å². The van der Waals surface area contributed by atoms with E-state index in [1.165, 1.54) is 13.0 Å². The van der Waals surface area contributed by atoms with Crippen molar-refractivity contribution in [1.82, 2.24) is 5.32 Å². The third-order valence-electron chi connectivity index (χ3n) is 1.86. The Balaban J connectivity index is 2.74. The lowest BCUT2D eigenvalue weighted by Gasteiger charge is -1.94. The van der Waals surface area contributed by atoms with Crippen molar-refractivity contribution in [3.63, 3.8) is 0 Å². The number of amides is 1. The van der Waals surface area contributed by atoms with Crippen LogP contribution in [0.4, 0.5) is 5.00 Å². The van der Waals surface area contributed by atoms with Crippen molar-refractivity contribution in [3.05, 3.63) is 26.6 Å². The molecule has 0 radical (unpaired) electrons. The van der Waals surface area contributed by atoms with Gasteiger partial charge < -0.3 is 5.32 Å². The van der Waals surface area contributed by atoms with Crippen LogP contribution in [-0.4, -0.2) is 23.7 Å². The van der Waals surface area contributed by atoms with Crippen molar-refractivity contribution in [2.75, 3.05) is 6.54 Å². The van der Waals surface area contributed by atoms with Gasteiger partial charge in [-0.25, -0.2) is 0 Å². The standard InChI is InChI=1S/C11H10N2O4S/c1-8(15)12-5-3-2-4-9-6-10(7-14)18-11(9)13(16)17/h6-7H,3,5H2,1H3,(H,12,15). The lowest BCUT2D eigenvalue weighted by molar-refractivity contribution is -0.380. The Morgan fingerprint density at radius 2 is 2.39 bits per heavy atom. The van der Waals surface area contributed by atoms with Gasteiger partial charge in [-0.3, -0.25) is 19.7 Å². The zero-order valence-corrected chi connectivity index (χ0v) is 10.4. The van der Waals surface area contributed by atoms with Crippen LogP contribution >= 0.6 is 11.3 Å². The van der Waals surface area contributed by atoms with Crippen LogP contribution in [0.5, 0.6) is 0 Å². The van der Waals surface area contributed by atoms with Crippen molar-refractivity contribution >= 4 is 28.5 Å². The maximum Gasteiger partial charge on any atom is 0.340 e. The van der Waals surface area contributed by atoms with Gasteiger partial charge in [-0.2, -0.15) is 0 Å². The number of thiophene rings is 1. The quantitative estimate of drug-likeness (QED) is 0.293. The van der Waals surface area contributed by atoms with Crippen LogP contribution in [0.1, 0.15) is 28.6 Å². The summed E-state index contributed by atoms with van der Waals surface area (Å²) in [5.41, 5.74) is 0.231. The number of hydrogen-bond donors (Lipinski definition) is 1. The molecule has 6 nitrogen and oxygen atoms in total. The average Bonchev–Trinajstić information content (AvgIpc) is 2.71. The SMILES string of the molecule is CC(=O)NCCC#Cc1cc(C=O)sc1[N+](=O)[O-]. The Morgan fingerprint density at radius 1 is 1.67 bits per heavy atom. The molecule has 1 heterocycles. The second kappa shape index (κ2) is 6.51. The van der Waals surface area contributed by atoms with E-state index in [9.17, 15) is 19.7 Å². The summed E-state index contributed by atoms with van der Waals surface area (Å²) in [7, 11) is 0. The number of rotatable bonds is 4. The first kappa shape index (κ1) is 13.9. The monoisotopic (exact) mass is 266 g/mol. The molecule has 0 fully saturated rings. The molecule has 94 valence electrons. The molecule has 0 saturated carbocycles. The van der Waals surface area contributed by atoms with Crippen LogP contribution in [0.15, 0.2) is 6.07 Å². The second-order valence-corrected chi connectivity index (χ2v) is 4.34. The van der Waals surface area contributed by atoms with Gasteiger partial charge in [0.2, 0.25) is 5.91 Å². The maximum absolute atomic E-state index is 10.7. The highest BCUT2D eigenvalue weighted by Gasteiger charge is 2.17. The molecule has 0 aromatic carbocycles. The van der Waals surface area contributed by atoms with Crippen molar-refractivity contribution in [3.8, 4) is 11.8 Å². The zero-order valence-electron chi connectivity index (χ0n) is 9.56. The zero-order chi connectivity index (χ0) is 13.5. The molecule has 1 amide bonds. The predicted octanol–water partition coefficient (Wildman–Crippen LogP) is 1.35. The highest BCUT2D eigenvalue weighted by molar-refractivity contribution is 7.17. The summed E-state index contributed by atoms with van der Waals surface area (Å²) in [5, 5.41) is 13.1. The molecule has 0 aliphatic heterocycles. The van der Waals surface area contributed by atoms with Crippen LogP contribution in [0.25, 0.3) is 0 Å². The van der Waals surface area contributed by atoms with Crippen LogP contribution in [0, 0.1) is 22.0 Å². The summed E-state index contributed by atoms with van der Waals surface area (Å²) < 4.78 is 0. The molecule has 0 aliphatic carbocycles. The number of nitro groups is 1. The van der Waals surface area contributed by atoms with Crippen molar-refractivity contribution < 1.29 is 14.5 Å². The molecule has 0 unspecified atom stereocenters. The molecule has 0 spiro atoms. The fourth-order valence-corrected chi connectivity index (χ4v) is 1.88. The first-order valence-corrected chi connectivity index (χ1v) is 5.83. The molecule has 1 N–H and O–H groups in total. The number of nitrogens with one attached hydrogen (secondary N) is 1. The summed E-state index contributed by atoms with van der Waals surface area (Å²) in [6.45, 7) is 1.79. The van der Waals surface area contributed by atoms with Crippen LogP contribution in [-0.2, 0) is 4.79 Å². The first-order valence-electron chi connectivity index (χ1n) is 5.01. The van der Waals surface area contributed by atoms with E-state index in [1.54, 1.807) is 0 Å². The normalized spacial score (nSPS) is 9.17. The Morgan fingerprint density at radius 3 is 2.94 bits per heavy atom. The number of carbonyl (C=O) groups is 2. The summed E-state index contributed by atoms with van der Waals surface area (Å²) in [6, 6.07) is 1.39. The van der Waals surface area contributed by atoms with E-state index in [-0.39, 0.29) is 21.3 Å². The molecule has 18 heavy (non-hydrogen) atoms. The van der Waals surface area contributed by atoms with Gasteiger partial charge in [-0.1, -0.05) is 23.2 Å². The Kier molecular flexibility index (Phi) is 5.02. The topological polar surface area (TPSA) is 89.3 Å². The van der Waals surface area contributed by atoms with Gasteiger partial charge in [0.15, 0.2) is 6.29 Å². The van der Waals surface area contributed by atoms with E-state index in [2.05, 4.69) is 17.2 Å². The minimum atomic E-state index is -0.560. The molecule has 1 aromatic heterocycles. The van der Waals surface area contributed by atoms with E-state index >= 15 is 0 Å². The molecule has 0 bridgehead atoms. The molecular formula is C11H10N2O4S. The minimum absolute atomic E-state index is 0.135. The van der Waals surface area contributed by atoms with Gasteiger partial charge in [-0.15, -0.1) is 0 Å². The number of carbonyl (C=O) groups excluding carboxylic acids is 2. The van der Waals surface area contributed by atoms with Crippen LogP contribution < -0.4 is 5.32 Å². The van der Waals surface area contributed by atoms with E-state index in [1.807, 2.05) is 0 Å². The number of aldehydes is 1. The van der Waals surface area contributed by atoms with Gasteiger partial charge >= 0.3 is 5.00 Å². The molecule has 1 rings (SSSR count). The van der Waals surface area contributed by atoms with Gasteiger partial charge in [0.1, 0.15) is 5.56 Å². The summed E-state index contributed by atoms with van der Waals surface area (Å²) in [6.07, 6.45) is 0.948. The molecule has 0 atom stereocenters. The van der Waals surface area contributed by atoms with Crippen LogP contribution in [0.2, 0.25) is 0 Å². The molecule has 0 aliphatic rings. The first-order chi connectivity index (χ1) is 8.54. The second-order valence-electron chi connectivity index (χ2n) is 3.28. The van der Waals surface area contributed by atoms with E-state index in [0.717, 1.165) is 11.3 Å². The lowest BCUT2D eigenvalue weighted by atomic mass is 10.3. The van der Waals surface area contributed by atoms with Crippen molar-refractivity contribution in [1.29, 1.82) is 0 Å². The highest BCUT2D eigenvalue weighted by atomic mass is 32.1. The molecular weight excluding hydrogens is 256 g/mol. The summed E-state index contributed by atoms with van der Waals surface area (Å²) >= 11 is 0.797. The average molecular weight is 266 g/mol. The van der Waals surface area contributed by atoms with Crippen molar-refractivity contribution in [2.45, 2.75) is 13.3 Å². The Labute approximate surface area is 107 Å². The summed E-state index contributed by atoms with van der Waals surface area (Å²) in [5.74, 6) is 5.19. The number of nitrogens with zero attached hydrogens (tertiary/aromatic N) is 1. The maximum atomic E-state index is 10.7. The third-order valence-corrected chi connectivity index (χ3v) is 2.87. The minimum Gasteiger partial charge on any atom is -0.355 e. The molecule has 1 aromatic rings. The molecule has 7 heteroatoms. The van der Waals surface area contributed by atoms with Crippen LogP contribution in [0.3, 0.4) is 0 Å². The third kappa shape index (κ3) is 3.99. The lowest BCUT2D eigenvalue weighted by Crippen LogP contribution is -2.20. The van der Waals surface area contributed by atoms with E-state index in [4.69, 9.17) is 0 Å². The molecule has 0 saturated heterocycles. The number of hydrogen-bond acceptors (Lipinski definition) is 5. The van der Waals surface area contributed by atoms with Gasteiger partial charge in [-0.05, 0) is 6.07 Å². The fourth-order valence-electron chi connectivity index (χ4n) is 1.14. The Hall–Kier alpha value is -2.20. The van der Waals surface area contributed by atoms with E-state index in [0.29, 0.717) is 19.3 Å². The van der Waals surface area contributed by atoms with E-state index < -0.39 is 4.92 Å². The van der Waals surface area contributed by atoms with Gasteiger partial charge in [0.25, 0.3) is 0 Å². The van der Waals surface area contributed by atoms with Gasteiger partial charge in [0.05, 0.1) is 9.80 Å². The Bertz CT molecular complexity index is 539. The van der Waals surface area contributed by atoms with Gasteiger partial charge in [0, 0.05) is 19.9 Å².